The molecule has 3 atom stereocenters. The average molecular weight is 242 g/mol. The predicted octanol–water partition coefficient (Wildman–Crippen LogP) is -1.07. The quantitative estimate of drug-likeness (QED) is 0.548. The van der Waals surface area contributed by atoms with Crippen LogP contribution in [0.3, 0.4) is 0 Å². The molecular formula is C9H14N4O4. The van der Waals surface area contributed by atoms with Crippen LogP contribution in [-0.4, -0.2) is 47.9 Å². The molecule has 0 bridgehead atoms. The first-order valence-corrected chi connectivity index (χ1v) is 5.37. The van der Waals surface area contributed by atoms with Gasteiger partial charge in [0.1, 0.15) is 18.4 Å². The van der Waals surface area contributed by atoms with Crippen molar-refractivity contribution in [2.45, 2.75) is 32.2 Å². The summed E-state index contributed by atoms with van der Waals surface area (Å²) in [6.07, 6.45) is -1.07. The fourth-order valence-corrected chi connectivity index (χ4v) is 1.95. The molecule has 8 nitrogen and oxygen atoms in total. The van der Waals surface area contributed by atoms with Crippen LogP contribution in [0.4, 0.5) is 9.59 Å². The largest absolute Gasteiger partial charge is 0.464 e. The Morgan fingerprint density at radius 3 is 2.76 bits per heavy atom. The second-order valence-corrected chi connectivity index (χ2v) is 3.83. The van der Waals surface area contributed by atoms with Crippen molar-refractivity contribution in [1.82, 2.24) is 20.9 Å². The highest BCUT2D eigenvalue weighted by molar-refractivity contribution is 5.88. The Morgan fingerprint density at radius 2 is 2.12 bits per heavy atom. The molecule has 4 amide bonds. The molecule has 2 aliphatic heterocycles. The van der Waals surface area contributed by atoms with Gasteiger partial charge in [-0.25, -0.2) is 14.4 Å². The van der Waals surface area contributed by atoms with Crippen molar-refractivity contribution in [2.24, 2.45) is 0 Å². The third-order valence-electron chi connectivity index (χ3n) is 2.74. The number of hydrogen-bond acceptors (Lipinski definition) is 4. The van der Waals surface area contributed by atoms with E-state index in [9.17, 15) is 14.4 Å². The summed E-state index contributed by atoms with van der Waals surface area (Å²) < 4.78 is 4.85. The number of hydrogen-bond donors (Lipinski definition) is 3. The second kappa shape index (κ2) is 4.11. The molecule has 0 spiro atoms. The zero-order chi connectivity index (χ0) is 12.6. The zero-order valence-electron chi connectivity index (χ0n) is 9.52. The summed E-state index contributed by atoms with van der Waals surface area (Å²) in [5, 5.41) is 7.64. The van der Waals surface area contributed by atoms with Gasteiger partial charge in [0.05, 0.1) is 6.61 Å². The molecular weight excluding hydrogens is 228 g/mol. The number of ether oxygens (including phenoxy) is 1. The molecule has 2 fully saturated rings. The van der Waals surface area contributed by atoms with Gasteiger partial charge in [0.25, 0.3) is 0 Å². The minimum Gasteiger partial charge on any atom is -0.464 e. The van der Waals surface area contributed by atoms with Gasteiger partial charge < -0.3 is 20.7 Å². The van der Waals surface area contributed by atoms with Crippen molar-refractivity contribution >= 4 is 18.0 Å². The number of nitrogens with one attached hydrogen (secondary N) is 3. The summed E-state index contributed by atoms with van der Waals surface area (Å²) in [5.41, 5.74) is 0. The number of fused-ring (bicyclic) bond motifs is 1. The standard InChI is InChI=1S/C9H14N4O4/c1-3-17-7(14)4(2)13-6-5(11-9(13)16)10-8(15)12-6/h4-6H,3H2,1-2H3,(H,11,16)(H2,10,12,15)/t4-,5-,6-/m0/s1. The number of nitrogens with zero attached hydrogens (tertiary/aromatic N) is 1. The first-order valence-electron chi connectivity index (χ1n) is 5.37. The Morgan fingerprint density at radius 1 is 1.41 bits per heavy atom. The minimum absolute atomic E-state index is 0.247. The van der Waals surface area contributed by atoms with Crippen molar-refractivity contribution in [3.05, 3.63) is 0 Å². The van der Waals surface area contributed by atoms with Crippen LogP contribution in [0.1, 0.15) is 13.8 Å². The number of rotatable bonds is 3. The van der Waals surface area contributed by atoms with Gasteiger partial charge in [0.15, 0.2) is 0 Å². The smallest absolute Gasteiger partial charge is 0.328 e. The van der Waals surface area contributed by atoms with Gasteiger partial charge in [-0.05, 0) is 13.8 Å². The minimum atomic E-state index is -0.745. The molecule has 0 aliphatic carbocycles. The summed E-state index contributed by atoms with van der Waals surface area (Å²) in [5.74, 6) is -0.496. The van der Waals surface area contributed by atoms with Crippen molar-refractivity contribution in [1.29, 1.82) is 0 Å². The molecule has 2 saturated heterocycles. The summed E-state index contributed by atoms with van der Waals surface area (Å²) in [6.45, 7) is 3.50. The maximum absolute atomic E-state index is 11.7. The van der Waals surface area contributed by atoms with E-state index in [0.717, 1.165) is 0 Å². The molecule has 0 aromatic heterocycles. The number of carbonyl (C=O) groups excluding carboxylic acids is 3. The molecule has 3 N–H and O–H groups in total. The van der Waals surface area contributed by atoms with Gasteiger partial charge in [-0.1, -0.05) is 0 Å². The van der Waals surface area contributed by atoms with E-state index in [0.29, 0.717) is 0 Å². The topological polar surface area (TPSA) is 99.8 Å². The molecule has 17 heavy (non-hydrogen) atoms. The van der Waals surface area contributed by atoms with Gasteiger partial charge in [0.2, 0.25) is 0 Å². The maximum atomic E-state index is 11.7. The highest BCUT2D eigenvalue weighted by Crippen LogP contribution is 2.17. The first kappa shape index (κ1) is 11.5. The Balaban J connectivity index is 2.11. The third-order valence-corrected chi connectivity index (χ3v) is 2.74. The van der Waals surface area contributed by atoms with E-state index in [1.165, 1.54) is 4.90 Å². The van der Waals surface area contributed by atoms with E-state index in [1.54, 1.807) is 13.8 Å². The van der Waals surface area contributed by atoms with E-state index in [4.69, 9.17) is 4.74 Å². The molecule has 0 radical (unpaired) electrons. The van der Waals surface area contributed by atoms with Crippen LogP contribution in [0.2, 0.25) is 0 Å². The molecule has 0 saturated carbocycles. The molecule has 2 heterocycles. The van der Waals surface area contributed by atoms with E-state index in [2.05, 4.69) is 16.0 Å². The van der Waals surface area contributed by atoms with E-state index in [-0.39, 0.29) is 12.6 Å². The van der Waals surface area contributed by atoms with Crippen LogP contribution < -0.4 is 16.0 Å². The lowest BCUT2D eigenvalue weighted by Crippen LogP contribution is -2.51. The lowest BCUT2D eigenvalue weighted by molar-refractivity contribution is -0.148. The summed E-state index contributed by atoms with van der Waals surface area (Å²) in [6, 6.07) is -1.53. The number of carbonyl (C=O) groups is 3. The summed E-state index contributed by atoms with van der Waals surface area (Å²) in [7, 11) is 0. The van der Waals surface area contributed by atoms with Crippen LogP contribution in [0.25, 0.3) is 0 Å². The van der Waals surface area contributed by atoms with Crippen LogP contribution in [0.5, 0.6) is 0 Å². The van der Waals surface area contributed by atoms with Gasteiger partial charge >= 0.3 is 18.0 Å². The summed E-state index contributed by atoms with van der Waals surface area (Å²) in [4.78, 5) is 35.6. The van der Waals surface area contributed by atoms with Crippen molar-refractivity contribution < 1.29 is 19.1 Å². The van der Waals surface area contributed by atoms with E-state index >= 15 is 0 Å². The van der Waals surface area contributed by atoms with Crippen molar-refractivity contribution in [3.8, 4) is 0 Å². The zero-order valence-corrected chi connectivity index (χ0v) is 9.52. The van der Waals surface area contributed by atoms with Crippen LogP contribution in [0.15, 0.2) is 0 Å². The van der Waals surface area contributed by atoms with E-state index in [1.807, 2.05) is 0 Å². The highest BCUT2D eigenvalue weighted by atomic mass is 16.5. The lowest BCUT2D eigenvalue weighted by Gasteiger charge is -2.26. The van der Waals surface area contributed by atoms with Crippen LogP contribution in [-0.2, 0) is 9.53 Å². The Labute approximate surface area is 97.7 Å². The Kier molecular flexibility index (Phi) is 2.78. The number of amides is 4. The molecule has 0 aromatic rings. The Hall–Kier alpha value is -1.99. The number of urea groups is 2. The second-order valence-electron chi connectivity index (χ2n) is 3.83. The maximum Gasteiger partial charge on any atom is 0.328 e. The first-order chi connectivity index (χ1) is 8.04. The van der Waals surface area contributed by atoms with Gasteiger partial charge in [-0.2, -0.15) is 0 Å². The fourth-order valence-electron chi connectivity index (χ4n) is 1.95. The summed E-state index contributed by atoms with van der Waals surface area (Å²) >= 11 is 0. The monoisotopic (exact) mass is 242 g/mol. The number of esters is 1. The third kappa shape index (κ3) is 1.85. The van der Waals surface area contributed by atoms with Crippen LogP contribution >= 0.6 is 0 Å². The van der Waals surface area contributed by atoms with Crippen LogP contribution in [0, 0.1) is 0 Å². The van der Waals surface area contributed by atoms with Crippen molar-refractivity contribution in [2.75, 3.05) is 6.61 Å². The fraction of sp³-hybridized carbons (Fsp3) is 0.667. The highest BCUT2D eigenvalue weighted by Gasteiger charge is 2.48. The normalized spacial score (nSPS) is 28.0. The SMILES string of the molecule is CCOC(=O)[C@H](C)N1C(=O)N[C@@H]2NC(=O)N[C@H]21. The van der Waals surface area contributed by atoms with Gasteiger partial charge in [0, 0.05) is 0 Å². The van der Waals surface area contributed by atoms with E-state index < -0.39 is 30.4 Å². The molecule has 0 aromatic carbocycles. The molecule has 2 rings (SSSR count). The molecule has 94 valence electrons. The molecule has 8 heteroatoms. The average Bonchev–Trinajstić information content (AvgIpc) is 2.72. The lowest BCUT2D eigenvalue weighted by atomic mass is 10.2. The Bertz CT molecular complexity index is 372. The molecule has 2 aliphatic rings. The predicted molar refractivity (Wildman–Crippen MR) is 55.7 cm³/mol. The van der Waals surface area contributed by atoms with Gasteiger partial charge in [-0.3, -0.25) is 4.90 Å². The molecule has 0 unspecified atom stereocenters. The van der Waals surface area contributed by atoms with Crippen molar-refractivity contribution in [3.63, 3.8) is 0 Å². The van der Waals surface area contributed by atoms with Gasteiger partial charge in [-0.15, -0.1) is 0 Å².